The quantitative estimate of drug-likeness (QED) is 0.0341. The monoisotopic (exact) mass is 684 g/mol. The van der Waals surface area contributed by atoms with Crippen LogP contribution in [0.15, 0.2) is 15.3 Å². The van der Waals surface area contributed by atoms with E-state index in [4.69, 9.17) is 40.6 Å². The zero-order valence-electron chi connectivity index (χ0n) is 27.2. The Bertz CT molecular complexity index is 1060. The lowest BCUT2D eigenvalue weighted by Crippen LogP contribution is -2.54. The van der Waals surface area contributed by atoms with Crippen molar-refractivity contribution in [3.8, 4) is 0 Å². The van der Waals surface area contributed by atoms with Crippen molar-refractivity contribution in [2.75, 3.05) is 79.0 Å². The average Bonchev–Trinajstić information content (AvgIpc) is 3.06. The Morgan fingerprint density at radius 3 is 1.54 bits per heavy atom. The lowest BCUT2D eigenvalue weighted by molar-refractivity contribution is -0.138. The zero-order chi connectivity index (χ0) is 35.5. The molecule has 48 heavy (non-hydrogen) atoms. The molecule has 0 aliphatic heterocycles. The maximum absolute atomic E-state index is 13.3. The second kappa shape index (κ2) is 32.6. The normalized spacial score (nSPS) is 11.6. The van der Waals surface area contributed by atoms with E-state index in [9.17, 15) is 19.2 Å². The number of ether oxygens (including phenoxy) is 4. The molecule has 0 radical (unpaired) electrons. The van der Waals surface area contributed by atoms with Crippen LogP contribution in [0, 0.1) is 0 Å². The minimum Gasteiger partial charge on any atom is -0.481 e. The van der Waals surface area contributed by atoms with Gasteiger partial charge in [0.1, 0.15) is 12.1 Å². The van der Waals surface area contributed by atoms with Crippen molar-refractivity contribution in [2.24, 2.45) is 15.3 Å². The number of hydrogen-bond donors (Lipinski definition) is 4. The molecule has 3 amide bonds. The van der Waals surface area contributed by atoms with Crippen molar-refractivity contribution in [1.29, 1.82) is 0 Å². The molecule has 0 aromatic heterocycles. The van der Waals surface area contributed by atoms with Gasteiger partial charge in [-0.15, -0.1) is 0 Å². The number of azide groups is 3. The molecule has 0 aliphatic rings. The molecule has 0 heterocycles. The Balaban J connectivity index is 4.74. The van der Waals surface area contributed by atoms with Gasteiger partial charge in [-0.1, -0.05) is 28.2 Å². The highest BCUT2D eigenvalue weighted by Gasteiger charge is 2.26. The predicted octanol–water partition coefficient (Wildman–Crippen LogP) is 2.67. The van der Waals surface area contributed by atoms with Gasteiger partial charge in [-0.25, -0.2) is 0 Å². The number of nitrogens with zero attached hydrogens (tertiary/aromatic N) is 9. The molecule has 21 heteroatoms. The van der Waals surface area contributed by atoms with Crippen molar-refractivity contribution < 1.29 is 43.2 Å². The number of carbonyl (C=O) groups is 4. The highest BCUT2D eigenvalue weighted by Crippen LogP contribution is 2.07. The van der Waals surface area contributed by atoms with E-state index >= 15 is 0 Å². The number of carboxylic acids is 1. The predicted molar refractivity (Wildman–Crippen MR) is 171 cm³/mol. The largest absolute Gasteiger partial charge is 0.481 e. The molecule has 4 N–H and O–H groups in total. The van der Waals surface area contributed by atoms with Gasteiger partial charge >= 0.3 is 5.97 Å². The van der Waals surface area contributed by atoms with Gasteiger partial charge < -0.3 is 40.0 Å². The number of amides is 3. The second-order valence-corrected chi connectivity index (χ2v) is 10.0. The Morgan fingerprint density at radius 2 is 1.04 bits per heavy atom. The molecule has 21 nitrogen and oxygen atoms in total. The summed E-state index contributed by atoms with van der Waals surface area (Å²) in [4.78, 5) is 57.2. The number of hydrogen-bond acceptors (Lipinski definition) is 11. The summed E-state index contributed by atoms with van der Waals surface area (Å²) < 4.78 is 21.3. The summed E-state index contributed by atoms with van der Waals surface area (Å²) in [6.07, 6.45) is 2.73. The Labute approximate surface area is 278 Å². The van der Waals surface area contributed by atoms with Gasteiger partial charge in [-0.3, -0.25) is 19.2 Å². The number of unbranched alkanes of at least 4 members (excludes halogenated alkanes) is 2. The fourth-order valence-corrected chi connectivity index (χ4v) is 3.87. The van der Waals surface area contributed by atoms with E-state index in [-0.39, 0.29) is 71.7 Å². The SMILES string of the molecule is [N-]=[N+]=NCCCCC(NC(=O)CCCN=[N+]=[N-])C(=O)NC(CCCCN=[N+]=[N-])C(=O)NCCOCCOCCOCCOCCC(=O)O. The van der Waals surface area contributed by atoms with Crippen LogP contribution in [0.1, 0.15) is 57.8 Å². The van der Waals surface area contributed by atoms with Crippen molar-refractivity contribution in [3.63, 3.8) is 0 Å². The van der Waals surface area contributed by atoms with Crippen LogP contribution in [-0.2, 0) is 38.1 Å². The maximum atomic E-state index is 13.3. The Morgan fingerprint density at radius 1 is 0.583 bits per heavy atom. The third-order valence-electron chi connectivity index (χ3n) is 6.26. The summed E-state index contributed by atoms with van der Waals surface area (Å²) in [5, 5.41) is 27.0. The second-order valence-electron chi connectivity index (χ2n) is 10.0. The fraction of sp³-hybridized carbons (Fsp3) is 0.852. The lowest BCUT2D eigenvalue weighted by Gasteiger charge is -2.23. The van der Waals surface area contributed by atoms with Crippen LogP contribution >= 0.6 is 0 Å². The molecule has 0 bridgehead atoms. The molecule has 0 aromatic rings. The van der Waals surface area contributed by atoms with E-state index in [0.29, 0.717) is 65.1 Å². The van der Waals surface area contributed by atoms with E-state index in [1.165, 1.54) is 0 Å². The molecule has 0 aliphatic carbocycles. The summed E-state index contributed by atoms with van der Waals surface area (Å²) in [5.41, 5.74) is 25.4. The van der Waals surface area contributed by atoms with Crippen LogP contribution in [0.3, 0.4) is 0 Å². The van der Waals surface area contributed by atoms with Crippen LogP contribution in [0.4, 0.5) is 0 Å². The van der Waals surface area contributed by atoms with Gasteiger partial charge in [0.2, 0.25) is 17.7 Å². The van der Waals surface area contributed by atoms with Crippen LogP contribution in [-0.4, -0.2) is 120 Å². The highest BCUT2D eigenvalue weighted by atomic mass is 16.6. The Hall–Kier alpha value is -4.35. The minimum atomic E-state index is -0.951. The first-order valence-electron chi connectivity index (χ1n) is 15.8. The first-order valence-corrected chi connectivity index (χ1v) is 15.8. The number of rotatable bonds is 33. The van der Waals surface area contributed by atoms with Crippen LogP contribution in [0.25, 0.3) is 31.3 Å². The third-order valence-corrected chi connectivity index (χ3v) is 6.26. The summed E-state index contributed by atoms with van der Waals surface area (Å²) in [6.45, 7) is 2.96. The summed E-state index contributed by atoms with van der Waals surface area (Å²) in [7, 11) is 0. The Kier molecular flexibility index (Phi) is 29.6. The number of nitrogens with one attached hydrogen (secondary N) is 3. The zero-order valence-corrected chi connectivity index (χ0v) is 27.2. The molecule has 2 unspecified atom stereocenters. The summed E-state index contributed by atoms with van der Waals surface area (Å²) in [6, 6.07) is -1.88. The molecule has 0 saturated carbocycles. The molecule has 0 aromatic carbocycles. The van der Waals surface area contributed by atoms with Gasteiger partial charge in [-0.05, 0) is 48.7 Å². The standard InChI is InChI=1S/C27H48N12O9/c28-37-32-10-3-1-6-22(26(43)31-13-15-46-17-19-48-21-20-47-18-16-45-14-9-25(41)42)36-27(44)23(7-2-4-11-33-38-29)35-24(40)8-5-12-34-39-30/h22-23H,1-21H2,(H,31,43)(H,35,40)(H,36,44)(H,41,42). The van der Waals surface area contributed by atoms with Crippen LogP contribution < -0.4 is 16.0 Å². The maximum Gasteiger partial charge on any atom is 0.305 e. The van der Waals surface area contributed by atoms with Gasteiger partial charge in [0.15, 0.2) is 0 Å². The highest BCUT2D eigenvalue weighted by molar-refractivity contribution is 5.92. The molecule has 0 rings (SSSR count). The van der Waals surface area contributed by atoms with E-state index in [0.717, 1.165) is 0 Å². The molecule has 270 valence electrons. The van der Waals surface area contributed by atoms with Gasteiger partial charge in [0.25, 0.3) is 0 Å². The van der Waals surface area contributed by atoms with Crippen molar-refractivity contribution in [1.82, 2.24) is 16.0 Å². The number of carboxylic acid groups (broad SMARTS) is 1. The molecular weight excluding hydrogens is 636 g/mol. The number of aliphatic carboxylic acids is 1. The average molecular weight is 685 g/mol. The molecule has 0 saturated heterocycles. The lowest BCUT2D eigenvalue weighted by atomic mass is 10.1. The fourth-order valence-electron chi connectivity index (χ4n) is 3.87. The van der Waals surface area contributed by atoms with Gasteiger partial charge in [0, 0.05) is 47.3 Å². The first kappa shape index (κ1) is 43.6. The van der Waals surface area contributed by atoms with Crippen molar-refractivity contribution in [2.45, 2.75) is 69.9 Å². The molecule has 0 spiro atoms. The summed E-state index contributed by atoms with van der Waals surface area (Å²) >= 11 is 0. The van der Waals surface area contributed by atoms with E-state index < -0.39 is 35.8 Å². The van der Waals surface area contributed by atoms with Gasteiger partial charge in [-0.2, -0.15) is 0 Å². The first-order chi connectivity index (χ1) is 23.3. The van der Waals surface area contributed by atoms with Gasteiger partial charge in [0.05, 0.1) is 59.3 Å². The molecule has 0 fully saturated rings. The van der Waals surface area contributed by atoms with E-state index in [2.05, 4.69) is 46.0 Å². The van der Waals surface area contributed by atoms with E-state index in [1.807, 2.05) is 0 Å². The van der Waals surface area contributed by atoms with Crippen molar-refractivity contribution in [3.05, 3.63) is 31.3 Å². The smallest absolute Gasteiger partial charge is 0.305 e. The minimum absolute atomic E-state index is 0.0384. The van der Waals surface area contributed by atoms with E-state index in [1.54, 1.807) is 0 Å². The van der Waals surface area contributed by atoms with Crippen LogP contribution in [0.5, 0.6) is 0 Å². The third kappa shape index (κ3) is 27.9. The summed E-state index contributed by atoms with van der Waals surface area (Å²) in [5.74, 6) is -2.34. The van der Waals surface area contributed by atoms with Crippen LogP contribution in [0.2, 0.25) is 0 Å². The topological polar surface area (TPSA) is 308 Å². The molecular formula is C27H48N12O9. The molecule has 2 atom stereocenters. The number of carbonyl (C=O) groups excluding carboxylic acids is 3. The van der Waals surface area contributed by atoms with Crippen molar-refractivity contribution >= 4 is 23.7 Å².